The fourth-order valence-electron chi connectivity index (χ4n) is 8.64. The number of carbonyl (C=O) groups excluding carboxylic acids is 4. The number of anilines is 2. The second kappa shape index (κ2) is 22.4. The summed E-state index contributed by atoms with van der Waals surface area (Å²) in [5.74, 6) is -7.02. The largest absolute Gasteiger partial charge is 0.522 e. The molecule has 368 valence electrons. The Bertz CT molecular complexity index is 2390. The topological polar surface area (TPSA) is 198 Å². The van der Waals surface area contributed by atoms with Crippen molar-refractivity contribution in [3.05, 3.63) is 131 Å². The van der Waals surface area contributed by atoms with Crippen molar-refractivity contribution in [3.63, 3.8) is 0 Å². The van der Waals surface area contributed by atoms with Crippen molar-refractivity contribution in [1.29, 1.82) is 0 Å². The predicted octanol–water partition coefficient (Wildman–Crippen LogP) is 9.26. The summed E-state index contributed by atoms with van der Waals surface area (Å²) in [7, 11) is 0. The van der Waals surface area contributed by atoms with Crippen LogP contribution in [0.15, 0.2) is 109 Å². The minimum Gasteiger partial charge on any atom is -0.426 e. The summed E-state index contributed by atoms with van der Waals surface area (Å²) in [6.45, 7) is 0. The highest BCUT2D eigenvalue weighted by atomic mass is 19.4. The number of hydrogen-bond acceptors (Lipinski definition) is 12. The Balaban J connectivity index is 1.16. The average molecular weight is 967 g/mol. The van der Waals surface area contributed by atoms with Crippen LogP contribution in [0.5, 0.6) is 11.5 Å². The van der Waals surface area contributed by atoms with Gasteiger partial charge in [-0.3, -0.25) is 28.7 Å². The third-order valence-electron chi connectivity index (χ3n) is 12.3. The van der Waals surface area contributed by atoms with Gasteiger partial charge in [0.05, 0.1) is 24.0 Å². The van der Waals surface area contributed by atoms with Crippen molar-refractivity contribution in [2.24, 2.45) is 17.3 Å². The van der Waals surface area contributed by atoms with Gasteiger partial charge in [-0.25, -0.2) is 0 Å². The highest BCUT2D eigenvalue weighted by molar-refractivity contribution is 6.01. The van der Waals surface area contributed by atoms with Crippen LogP contribution in [-0.4, -0.2) is 64.4 Å². The lowest BCUT2D eigenvalue weighted by molar-refractivity contribution is -0.346. The number of benzene rings is 4. The van der Waals surface area contributed by atoms with Crippen LogP contribution in [0.2, 0.25) is 0 Å². The zero-order valence-corrected chi connectivity index (χ0v) is 37.2. The molecule has 6 N–H and O–H groups in total. The molecule has 0 unspecified atom stereocenters. The number of aliphatic hydroxyl groups is 2. The number of esters is 2. The van der Waals surface area contributed by atoms with Crippen LogP contribution >= 0.6 is 0 Å². The highest BCUT2D eigenvalue weighted by Gasteiger charge is 2.54. The van der Waals surface area contributed by atoms with Crippen LogP contribution in [-0.2, 0) is 41.5 Å². The lowest BCUT2D eigenvalue weighted by atomic mass is 9.65. The maximum atomic E-state index is 14.1. The van der Waals surface area contributed by atoms with Crippen LogP contribution < -0.4 is 20.9 Å². The Hall–Kier alpha value is -6.34. The van der Waals surface area contributed by atoms with Gasteiger partial charge in [0.2, 0.25) is 11.6 Å². The SMILES string of the molecule is Nc1ccc(CC(CC(=O)/C=C/c2ccc(OC(=O)C3CCC(OC(F)(F)F)CC3)cc2)(Cc2ccc(N)cc2)C(O)(O)C(=O)/C=C/c2ccc(OC(=O)C3CCC(OC(F)(F)F)CC3)cc2)cc1. The summed E-state index contributed by atoms with van der Waals surface area (Å²) in [6, 6.07) is 25.0. The minimum absolute atomic E-state index is 0.0433. The van der Waals surface area contributed by atoms with E-state index in [4.69, 9.17) is 20.9 Å². The van der Waals surface area contributed by atoms with Crippen molar-refractivity contribution >= 4 is 47.0 Å². The van der Waals surface area contributed by atoms with E-state index in [1.54, 1.807) is 60.7 Å². The molecule has 2 aliphatic rings. The fourth-order valence-corrected chi connectivity index (χ4v) is 8.64. The van der Waals surface area contributed by atoms with E-state index in [9.17, 15) is 55.7 Å². The van der Waals surface area contributed by atoms with Crippen LogP contribution in [0.4, 0.5) is 37.7 Å². The van der Waals surface area contributed by atoms with Crippen molar-refractivity contribution in [3.8, 4) is 11.5 Å². The van der Waals surface area contributed by atoms with Crippen molar-refractivity contribution in [1.82, 2.24) is 0 Å². The molecule has 2 saturated carbocycles. The summed E-state index contributed by atoms with van der Waals surface area (Å²) in [5.41, 5.74) is 12.8. The quantitative estimate of drug-likeness (QED) is 0.0184. The third kappa shape index (κ3) is 15.3. The molecular weight excluding hydrogens is 915 g/mol. The van der Waals surface area contributed by atoms with Crippen LogP contribution in [0.25, 0.3) is 12.2 Å². The standard InChI is InChI=1S/C51H52F6N2O10/c52-50(53,54)68-43-24-11-36(12-25-43)46(62)66-41-20-6-32(7-21-41)5-19-40(60)31-48(29-34-1-15-38(58)16-2-34,30-35-3-17-39(59)18-4-35)49(64,65)45(61)28-10-33-8-22-42(23-9-33)67-47(63)37-13-26-44(27-14-37)69-51(55,56)57/h1-10,15-23,28,36-37,43-44,64-65H,11-14,24-27,29-31,58-59H2/b19-5+,28-10+. The zero-order valence-electron chi connectivity index (χ0n) is 37.2. The van der Waals surface area contributed by atoms with Gasteiger partial charge in [-0.05, 0) is 147 Å². The van der Waals surface area contributed by atoms with Gasteiger partial charge in [-0.15, -0.1) is 26.3 Å². The molecule has 4 aromatic rings. The first-order valence-corrected chi connectivity index (χ1v) is 22.2. The second-order valence-electron chi connectivity index (χ2n) is 17.5. The average Bonchev–Trinajstić information content (AvgIpc) is 3.29. The molecule has 12 nitrogen and oxygen atoms in total. The first kappa shape index (κ1) is 52.0. The molecule has 0 heterocycles. The van der Waals surface area contributed by atoms with Gasteiger partial charge in [-0.1, -0.05) is 60.7 Å². The molecule has 0 aromatic heterocycles. The van der Waals surface area contributed by atoms with Crippen LogP contribution in [0, 0.1) is 17.3 Å². The van der Waals surface area contributed by atoms with Gasteiger partial charge in [0.25, 0.3) is 0 Å². The van der Waals surface area contributed by atoms with E-state index in [-0.39, 0.29) is 75.7 Å². The first-order chi connectivity index (χ1) is 32.5. The van der Waals surface area contributed by atoms with Gasteiger partial charge < -0.3 is 31.2 Å². The number of ketones is 2. The lowest BCUT2D eigenvalue weighted by Gasteiger charge is -2.42. The molecule has 0 saturated heterocycles. The van der Waals surface area contributed by atoms with E-state index < -0.39 is 77.9 Å². The predicted molar refractivity (Wildman–Crippen MR) is 241 cm³/mol. The summed E-state index contributed by atoms with van der Waals surface area (Å²) in [4.78, 5) is 53.7. The van der Waals surface area contributed by atoms with Crippen LogP contribution in [0.1, 0.15) is 80.0 Å². The van der Waals surface area contributed by atoms with Gasteiger partial charge in [-0.2, -0.15) is 0 Å². The lowest BCUT2D eigenvalue weighted by Crippen LogP contribution is -2.57. The van der Waals surface area contributed by atoms with E-state index in [2.05, 4.69) is 9.47 Å². The van der Waals surface area contributed by atoms with E-state index >= 15 is 0 Å². The molecule has 2 fully saturated rings. The molecule has 6 rings (SSSR count). The first-order valence-electron chi connectivity index (χ1n) is 22.2. The molecule has 4 aromatic carbocycles. The van der Waals surface area contributed by atoms with E-state index in [0.29, 0.717) is 33.6 Å². The molecule has 0 amide bonds. The number of alkyl halides is 6. The molecule has 0 bridgehead atoms. The molecule has 0 radical (unpaired) electrons. The van der Waals surface area contributed by atoms with Gasteiger partial charge in [0.15, 0.2) is 5.78 Å². The van der Waals surface area contributed by atoms with Crippen LogP contribution in [0.3, 0.4) is 0 Å². The normalized spacial score (nSPS) is 19.4. The van der Waals surface area contributed by atoms with Crippen molar-refractivity contribution < 1.29 is 74.7 Å². The van der Waals surface area contributed by atoms with E-state index in [0.717, 1.165) is 6.08 Å². The molecule has 2 aliphatic carbocycles. The maximum Gasteiger partial charge on any atom is 0.522 e. The van der Waals surface area contributed by atoms with E-state index in [1.165, 1.54) is 54.6 Å². The van der Waals surface area contributed by atoms with Crippen molar-refractivity contribution in [2.75, 3.05) is 11.5 Å². The van der Waals surface area contributed by atoms with Gasteiger partial charge >= 0.3 is 24.7 Å². The fraction of sp³-hybridized carbons (Fsp3) is 0.373. The van der Waals surface area contributed by atoms with Crippen molar-refractivity contribution in [2.45, 2.75) is 101 Å². The summed E-state index contributed by atoms with van der Waals surface area (Å²) in [5, 5.41) is 24.3. The number of nitrogens with two attached hydrogens (primary N) is 2. The molecule has 69 heavy (non-hydrogen) atoms. The van der Waals surface area contributed by atoms with Gasteiger partial charge in [0.1, 0.15) is 11.5 Å². The highest BCUT2D eigenvalue weighted by Crippen LogP contribution is 2.43. The zero-order chi connectivity index (χ0) is 50.0. The third-order valence-corrected chi connectivity index (χ3v) is 12.3. The molecule has 0 spiro atoms. The second-order valence-corrected chi connectivity index (χ2v) is 17.5. The summed E-state index contributed by atoms with van der Waals surface area (Å²) >= 11 is 0. The Morgan fingerprint density at radius 2 is 0.899 bits per heavy atom. The Morgan fingerprint density at radius 3 is 1.26 bits per heavy atom. The molecule has 0 aliphatic heterocycles. The minimum atomic E-state index is -4.76. The Morgan fingerprint density at radius 1 is 0.536 bits per heavy atom. The number of allylic oxidation sites excluding steroid dienone is 1. The smallest absolute Gasteiger partial charge is 0.426 e. The molecule has 18 heteroatoms. The summed E-state index contributed by atoms with van der Waals surface area (Å²) in [6.07, 6.45) is -6.71. The monoisotopic (exact) mass is 966 g/mol. The number of nitrogen functional groups attached to an aromatic ring is 2. The molecular formula is C51H52F6N2O10. The number of halogens is 6. The number of hydrogen-bond donors (Lipinski definition) is 4. The number of ether oxygens (including phenoxy) is 4. The maximum absolute atomic E-state index is 14.1. The number of carbonyl (C=O) groups is 4. The Kier molecular flexibility index (Phi) is 16.9. The summed E-state index contributed by atoms with van der Waals surface area (Å²) < 4.78 is 94.8. The number of rotatable bonds is 18. The van der Waals surface area contributed by atoms with Gasteiger partial charge in [0, 0.05) is 23.2 Å². The van der Waals surface area contributed by atoms with E-state index in [1.807, 2.05) is 0 Å². The molecule has 0 atom stereocenters. The Labute approximate surface area is 393 Å².